The standard InChI is InChI=1S/C9H16O3/c1-4-5-6-8(10)7(2)9(11)12-3/h7H,4-6H2,1-3H3/t7-/m0/s1. The lowest BCUT2D eigenvalue weighted by Gasteiger charge is -2.06. The SMILES string of the molecule is CCCCC(=O)[C@H](C)C(=O)OC. The van der Waals surface area contributed by atoms with E-state index in [1.807, 2.05) is 6.92 Å². The van der Waals surface area contributed by atoms with Gasteiger partial charge in [-0.15, -0.1) is 0 Å². The van der Waals surface area contributed by atoms with Gasteiger partial charge in [0.15, 0.2) is 0 Å². The molecular weight excluding hydrogens is 156 g/mol. The van der Waals surface area contributed by atoms with E-state index in [0.29, 0.717) is 6.42 Å². The Morgan fingerprint density at radius 1 is 1.42 bits per heavy atom. The molecule has 12 heavy (non-hydrogen) atoms. The molecule has 0 fully saturated rings. The van der Waals surface area contributed by atoms with Crippen molar-refractivity contribution < 1.29 is 14.3 Å². The van der Waals surface area contributed by atoms with Crippen molar-refractivity contribution in [2.45, 2.75) is 33.1 Å². The lowest BCUT2D eigenvalue weighted by molar-refractivity contribution is -0.148. The first-order chi connectivity index (χ1) is 5.63. The molecule has 0 aromatic carbocycles. The van der Waals surface area contributed by atoms with Crippen LogP contribution < -0.4 is 0 Å². The first-order valence-electron chi connectivity index (χ1n) is 4.24. The smallest absolute Gasteiger partial charge is 0.315 e. The van der Waals surface area contributed by atoms with Gasteiger partial charge < -0.3 is 4.74 Å². The summed E-state index contributed by atoms with van der Waals surface area (Å²) in [4.78, 5) is 22.1. The van der Waals surface area contributed by atoms with E-state index < -0.39 is 11.9 Å². The minimum atomic E-state index is -0.596. The van der Waals surface area contributed by atoms with Crippen LogP contribution in [0.2, 0.25) is 0 Å². The Hall–Kier alpha value is -0.860. The molecule has 70 valence electrons. The van der Waals surface area contributed by atoms with Gasteiger partial charge in [0.25, 0.3) is 0 Å². The van der Waals surface area contributed by atoms with Crippen molar-refractivity contribution in [2.75, 3.05) is 7.11 Å². The minimum Gasteiger partial charge on any atom is -0.468 e. The van der Waals surface area contributed by atoms with Crippen LogP contribution in [-0.4, -0.2) is 18.9 Å². The predicted molar refractivity (Wildman–Crippen MR) is 45.7 cm³/mol. The fourth-order valence-corrected chi connectivity index (χ4v) is 0.876. The van der Waals surface area contributed by atoms with E-state index in [9.17, 15) is 9.59 Å². The summed E-state index contributed by atoms with van der Waals surface area (Å²) in [6.45, 7) is 3.60. The van der Waals surface area contributed by atoms with Crippen molar-refractivity contribution in [3.8, 4) is 0 Å². The third-order valence-corrected chi connectivity index (χ3v) is 1.81. The second kappa shape index (κ2) is 5.75. The summed E-state index contributed by atoms with van der Waals surface area (Å²) >= 11 is 0. The number of carbonyl (C=O) groups is 2. The van der Waals surface area contributed by atoms with Gasteiger partial charge in [-0.25, -0.2) is 0 Å². The summed E-state index contributed by atoms with van der Waals surface area (Å²) in [5.41, 5.74) is 0. The fraction of sp³-hybridized carbons (Fsp3) is 0.778. The molecule has 0 amide bonds. The van der Waals surface area contributed by atoms with Crippen molar-refractivity contribution in [1.29, 1.82) is 0 Å². The number of ether oxygens (including phenoxy) is 1. The average molecular weight is 172 g/mol. The number of ketones is 1. The Balaban J connectivity index is 3.84. The Labute approximate surface area is 73.1 Å². The molecule has 0 aliphatic heterocycles. The average Bonchev–Trinajstić information content (AvgIpc) is 2.11. The highest BCUT2D eigenvalue weighted by Crippen LogP contribution is 2.06. The summed E-state index contributed by atoms with van der Waals surface area (Å²) in [6.07, 6.45) is 2.30. The van der Waals surface area contributed by atoms with Crippen LogP contribution in [-0.2, 0) is 14.3 Å². The number of unbranched alkanes of at least 4 members (excludes halogenated alkanes) is 1. The molecule has 0 aromatic heterocycles. The molecule has 0 rings (SSSR count). The van der Waals surface area contributed by atoms with Crippen molar-refractivity contribution in [3.05, 3.63) is 0 Å². The molecule has 3 nitrogen and oxygen atoms in total. The second-order valence-electron chi connectivity index (χ2n) is 2.81. The van der Waals surface area contributed by atoms with Crippen molar-refractivity contribution >= 4 is 11.8 Å². The van der Waals surface area contributed by atoms with Crippen molar-refractivity contribution in [2.24, 2.45) is 5.92 Å². The van der Waals surface area contributed by atoms with Gasteiger partial charge in [-0.3, -0.25) is 9.59 Å². The number of hydrogen-bond acceptors (Lipinski definition) is 3. The quantitative estimate of drug-likeness (QED) is 0.467. The Morgan fingerprint density at radius 2 is 2.00 bits per heavy atom. The van der Waals surface area contributed by atoms with Gasteiger partial charge in [-0.1, -0.05) is 13.3 Å². The van der Waals surface area contributed by atoms with Crippen LogP contribution in [0.5, 0.6) is 0 Å². The van der Waals surface area contributed by atoms with E-state index in [1.54, 1.807) is 6.92 Å². The van der Waals surface area contributed by atoms with Crippen LogP contribution in [0.1, 0.15) is 33.1 Å². The number of Topliss-reactive ketones (excluding diaryl/α,β-unsaturated/α-hetero) is 1. The molecule has 3 heteroatoms. The van der Waals surface area contributed by atoms with Gasteiger partial charge in [0.05, 0.1) is 7.11 Å². The van der Waals surface area contributed by atoms with Crippen LogP contribution in [0.15, 0.2) is 0 Å². The zero-order valence-corrected chi connectivity index (χ0v) is 7.92. The van der Waals surface area contributed by atoms with Gasteiger partial charge in [-0.05, 0) is 13.3 Å². The summed E-state index contributed by atoms with van der Waals surface area (Å²) in [6, 6.07) is 0. The lowest BCUT2D eigenvalue weighted by Crippen LogP contribution is -2.21. The lowest BCUT2D eigenvalue weighted by atomic mass is 10.0. The summed E-state index contributed by atoms with van der Waals surface area (Å²) in [5.74, 6) is -1.05. The Morgan fingerprint density at radius 3 is 2.42 bits per heavy atom. The number of hydrogen-bond donors (Lipinski definition) is 0. The van der Waals surface area contributed by atoms with E-state index in [4.69, 9.17) is 0 Å². The molecule has 0 heterocycles. The molecule has 0 saturated heterocycles. The molecule has 0 N–H and O–H groups in total. The number of esters is 1. The number of rotatable bonds is 5. The molecule has 0 unspecified atom stereocenters. The van der Waals surface area contributed by atoms with Gasteiger partial charge >= 0.3 is 5.97 Å². The van der Waals surface area contributed by atoms with Crippen LogP contribution in [0.4, 0.5) is 0 Å². The highest BCUT2D eigenvalue weighted by Gasteiger charge is 2.20. The van der Waals surface area contributed by atoms with E-state index >= 15 is 0 Å². The molecule has 0 aliphatic rings. The summed E-state index contributed by atoms with van der Waals surface area (Å²) in [7, 11) is 1.30. The third-order valence-electron chi connectivity index (χ3n) is 1.81. The molecule has 0 bridgehead atoms. The fourth-order valence-electron chi connectivity index (χ4n) is 0.876. The Bertz CT molecular complexity index is 163. The maximum absolute atomic E-state index is 11.2. The van der Waals surface area contributed by atoms with Gasteiger partial charge in [0, 0.05) is 6.42 Å². The van der Waals surface area contributed by atoms with Crippen LogP contribution in [0, 0.1) is 5.92 Å². The van der Waals surface area contributed by atoms with Crippen LogP contribution in [0.3, 0.4) is 0 Å². The molecule has 0 aromatic rings. The van der Waals surface area contributed by atoms with Crippen molar-refractivity contribution in [3.63, 3.8) is 0 Å². The summed E-state index contributed by atoms with van der Waals surface area (Å²) < 4.78 is 4.45. The first-order valence-corrected chi connectivity index (χ1v) is 4.24. The van der Waals surface area contributed by atoms with Crippen LogP contribution >= 0.6 is 0 Å². The highest BCUT2D eigenvalue weighted by atomic mass is 16.5. The van der Waals surface area contributed by atoms with Gasteiger partial charge in [0.1, 0.15) is 11.7 Å². The maximum Gasteiger partial charge on any atom is 0.315 e. The summed E-state index contributed by atoms with van der Waals surface area (Å²) in [5, 5.41) is 0. The second-order valence-corrected chi connectivity index (χ2v) is 2.81. The van der Waals surface area contributed by atoms with Gasteiger partial charge in [0.2, 0.25) is 0 Å². The minimum absolute atomic E-state index is 0.0244. The normalized spacial score (nSPS) is 12.2. The first kappa shape index (κ1) is 11.1. The Kier molecular flexibility index (Phi) is 5.34. The zero-order chi connectivity index (χ0) is 9.56. The maximum atomic E-state index is 11.2. The molecule has 0 aliphatic carbocycles. The highest BCUT2D eigenvalue weighted by molar-refractivity contribution is 5.98. The monoisotopic (exact) mass is 172 g/mol. The van der Waals surface area contributed by atoms with Crippen molar-refractivity contribution in [1.82, 2.24) is 0 Å². The molecule has 1 atom stereocenters. The predicted octanol–water partition coefficient (Wildman–Crippen LogP) is 1.55. The molecule has 0 radical (unpaired) electrons. The number of methoxy groups -OCH3 is 1. The van der Waals surface area contributed by atoms with E-state index in [0.717, 1.165) is 12.8 Å². The number of carbonyl (C=O) groups excluding carboxylic acids is 2. The zero-order valence-electron chi connectivity index (χ0n) is 7.92. The molecule has 0 saturated carbocycles. The van der Waals surface area contributed by atoms with E-state index in [-0.39, 0.29) is 5.78 Å². The topological polar surface area (TPSA) is 43.4 Å². The van der Waals surface area contributed by atoms with Gasteiger partial charge in [-0.2, -0.15) is 0 Å². The van der Waals surface area contributed by atoms with E-state index in [2.05, 4.69) is 4.74 Å². The van der Waals surface area contributed by atoms with Crippen LogP contribution in [0.25, 0.3) is 0 Å². The largest absolute Gasteiger partial charge is 0.468 e. The third kappa shape index (κ3) is 3.51. The van der Waals surface area contributed by atoms with E-state index in [1.165, 1.54) is 7.11 Å². The molecular formula is C9H16O3. The molecule has 0 spiro atoms.